The Morgan fingerprint density at radius 3 is 0.900 bits per heavy atom. The molecule has 0 aromatic heterocycles. The van der Waals surface area contributed by atoms with Gasteiger partial charge < -0.3 is 27.9 Å². The molecule has 0 fully saturated rings. The van der Waals surface area contributed by atoms with E-state index >= 15 is 0 Å². The second-order valence-electron chi connectivity index (χ2n) is 23.8. The van der Waals surface area contributed by atoms with Crippen LogP contribution in [-0.2, 0) is 32.7 Å². The zero-order valence-electron chi connectivity index (χ0n) is 57.5. The maximum Gasteiger partial charge on any atom is 0.306 e. The van der Waals surface area contributed by atoms with Crippen molar-refractivity contribution in [3.8, 4) is 0 Å². The maximum atomic E-state index is 12.9. The number of hydrogen-bond acceptors (Lipinski definition) is 8. The molecule has 0 heterocycles. The van der Waals surface area contributed by atoms with Crippen molar-refractivity contribution in [3.05, 3.63) is 194 Å². The second kappa shape index (κ2) is 68.2. The molecule has 0 aliphatic rings. The molecule has 0 aliphatic carbocycles. The van der Waals surface area contributed by atoms with Gasteiger partial charge in [-0.2, -0.15) is 0 Å². The Bertz CT molecular complexity index is 2220. The third-order valence-electron chi connectivity index (χ3n) is 14.1. The van der Waals surface area contributed by atoms with E-state index in [2.05, 4.69) is 208 Å². The minimum absolute atomic E-state index is 0.0483. The topological polar surface area (TPSA) is 111 Å². The van der Waals surface area contributed by atoms with E-state index in [-0.39, 0.29) is 26.1 Å². The largest absolute Gasteiger partial charge is 0.756 e. The van der Waals surface area contributed by atoms with Crippen molar-refractivity contribution in [3.63, 3.8) is 0 Å². The number of quaternary nitrogens is 1. The lowest BCUT2D eigenvalue weighted by Gasteiger charge is -2.28. The number of phosphoric ester groups is 1. The number of likely N-dealkylation sites (N-methyl/N-ethyl adjacent to an activating group) is 1. The summed E-state index contributed by atoms with van der Waals surface area (Å²) in [6, 6.07) is 0. The summed E-state index contributed by atoms with van der Waals surface area (Å²) in [6.07, 6.45) is 106. The molecule has 0 N–H and O–H groups in total. The first-order chi connectivity index (χ1) is 44.0. The molecule has 90 heavy (non-hydrogen) atoms. The van der Waals surface area contributed by atoms with Crippen molar-refractivity contribution >= 4 is 19.8 Å². The Hall–Kier alpha value is -5.15. The minimum atomic E-state index is -4.67. The third kappa shape index (κ3) is 71.9. The van der Waals surface area contributed by atoms with E-state index < -0.39 is 32.5 Å². The van der Waals surface area contributed by atoms with E-state index in [0.29, 0.717) is 23.9 Å². The van der Waals surface area contributed by atoms with Crippen LogP contribution < -0.4 is 4.89 Å². The molecule has 10 heteroatoms. The second-order valence-corrected chi connectivity index (χ2v) is 25.2. The lowest BCUT2D eigenvalue weighted by atomic mass is 10.0. The molecule has 0 saturated carbocycles. The summed E-state index contributed by atoms with van der Waals surface area (Å²) in [6.45, 7) is 3.95. The molecular weight excluding hydrogens is 1130 g/mol. The molecule has 0 spiro atoms. The van der Waals surface area contributed by atoms with Gasteiger partial charge in [0.25, 0.3) is 7.82 Å². The Kier molecular flexibility index (Phi) is 64.3. The molecule has 0 rings (SSSR count). The van der Waals surface area contributed by atoms with Gasteiger partial charge in [-0.05, 0) is 141 Å². The molecule has 0 aromatic rings. The maximum absolute atomic E-state index is 12.9. The summed E-state index contributed by atoms with van der Waals surface area (Å²) < 4.78 is 34.3. The lowest BCUT2D eigenvalue weighted by Crippen LogP contribution is -2.37. The molecule has 0 aromatic carbocycles. The van der Waals surface area contributed by atoms with Crippen LogP contribution in [0.15, 0.2) is 194 Å². The number of unbranched alkanes of at least 4 members (excludes halogenated alkanes) is 16. The normalized spacial score (nSPS) is 14.3. The van der Waals surface area contributed by atoms with Crippen LogP contribution in [0.25, 0.3) is 0 Å². The van der Waals surface area contributed by atoms with Crippen LogP contribution in [0, 0.1) is 0 Å². The van der Waals surface area contributed by atoms with Gasteiger partial charge in [0.15, 0.2) is 6.10 Å². The van der Waals surface area contributed by atoms with Crippen LogP contribution >= 0.6 is 7.82 Å². The van der Waals surface area contributed by atoms with Gasteiger partial charge in [0.05, 0.1) is 27.7 Å². The number of rotatable bonds is 62. The van der Waals surface area contributed by atoms with E-state index in [9.17, 15) is 19.0 Å². The fraction of sp³-hybridized carbons (Fsp3) is 0.575. The van der Waals surface area contributed by atoms with Gasteiger partial charge >= 0.3 is 11.9 Å². The van der Waals surface area contributed by atoms with Gasteiger partial charge in [0, 0.05) is 12.8 Å². The summed E-state index contributed by atoms with van der Waals surface area (Å²) in [5.41, 5.74) is 0. The smallest absolute Gasteiger partial charge is 0.306 e. The minimum Gasteiger partial charge on any atom is -0.756 e. The van der Waals surface area contributed by atoms with Gasteiger partial charge in [-0.3, -0.25) is 14.2 Å². The van der Waals surface area contributed by atoms with E-state index in [1.54, 1.807) is 0 Å². The van der Waals surface area contributed by atoms with Crippen molar-refractivity contribution < 1.29 is 42.1 Å². The van der Waals surface area contributed by atoms with E-state index in [0.717, 1.165) is 141 Å². The van der Waals surface area contributed by atoms with E-state index in [4.69, 9.17) is 18.5 Å². The van der Waals surface area contributed by atoms with Crippen LogP contribution in [-0.4, -0.2) is 70.0 Å². The van der Waals surface area contributed by atoms with Crippen LogP contribution in [0.3, 0.4) is 0 Å². The highest BCUT2D eigenvalue weighted by Crippen LogP contribution is 2.38. The molecule has 0 radical (unpaired) electrons. The molecule has 506 valence electrons. The Morgan fingerprint density at radius 2 is 0.600 bits per heavy atom. The quantitative estimate of drug-likeness (QED) is 0.0195. The van der Waals surface area contributed by atoms with Crippen LogP contribution in [0.5, 0.6) is 0 Å². The van der Waals surface area contributed by atoms with Crippen LogP contribution in [0.4, 0.5) is 0 Å². The number of carbonyl (C=O) groups excluding carboxylic acids is 2. The van der Waals surface area contributed by atoms with Gasteiger partial charge in [-0.25, -0.2) is 0 Å². The third-order valence-corrected chi connectivity index (χ3v) is 15.1. The van der Waals surface area contributed by atoms with Crippen molar-refractivity contribution in [2.45, 2.75) is 251 Å². The highest BCUT2D eigenvalue weighted by molar-refractivity contribution is 7.45. The Balaban J connectivity index is 4.21. The number of nitrogens with zero attached hydrogens (tertiary/aromatic N) is 1. The van der Waals surface area contributed by atoms with Crippen molar-refractivity contribution in [2.75, 3.05) is 47.5 Å². The molecule has 0 bridgehead atoms. The Labute approximate surface area is 552 Å². The van der Waals surface area contributed by atoms with Gasteiger partial charge in [-0.15, -0.1) is 0 Å². The monoisotopic (exact) mass is 1260 g/mol. The SMILES string of the molecule is CC/C=C\C/C=C\C/C=C\C/C=C\C/C=C\C/C=C\C/C=C\C/C=C\C/C=C\C/C=C\C/C=C\CCCCCC(=O)OC(COC(=O)CCCCCCCCCCCCCCC/C=C\C/C=C\C/C=C\C/C=C\C/C=C\CC)COP(=O)([O-])OCC[N+](C)(C)C. The number of ether oxygens (including phenoxy) is 2. The summed E-state index contributed by atoms with van der Waals surface area (Å²) in [5, 5.41) is 0. The first kappa shape index (κ1) is 84.8. The molecular formula is C80H128NO8P. The highest BCUT2D eigenvalue weighted by atomic mass is 31.2. The molecule has 2 atom stereocenters. The molecule has 0 saturated heterocycles. The van der Waals surface area contributed by atoms with Crippen molar-refractivity contribution in [1.82, 2.24) is 0 Å². The van der Waals surface area contributed by atoms with E-state index in [1.165, 1.54) is 64.2 Å². The average Bonchev–Trinajstić information content (AvgIpc) is 3.58. The molecule has 0 aliphatic heterocycles. The van der Waals surface area contributed by atoms with Crippen molar-refractivity contribution in [1.29, 1.82) is 0 Å². The standard InChI is InChI=1S/C80H128NO8P/c1-6-8-10-12-14-16-18-20-22-24-26-28-30-32-34-36-37-38-39-40-41-42-43-45-47-49-51-53-55-57-59-61-63-65-67-69-71-73-80(83)89-78(77-88-90(84,85)87-75-74-81(3,4)5)76-86-79(82)72-70-68-66-64-62-60-58-56-54-52-50-48-46-44-35-33-31-29-27-25-23-21-19-17-15-13-11-9-7-2/h8-11,14-17,20-23,26-29,32-35,37-38,40-41,43,45,49,51,55,57,61,63,78H,6-7,12-13,18-19,24-25,30-31,36,39,42,44,46-48,50,52-54,56,58-60,62,64-77H2,1-5H3/b10-8-,11-9-,16-14-,17-15-,22-20-,23-21-,28-26-,29-27-,34-32-,35-33-,38-37-,41-40-,45-43-,51-49-,57-55-,63-61-. The number of carbonyl (C=O) groups is 2. The summed E-state index contributed by atoms with van der Waals surface area (Å²) in [7, 11) is 1.12. The predicted molar refractivity (Wildman–Crippen MR) is 387 cm³/mol. The Morgan fingerprint density at radius 1 is 0.344 bits per heavy atom. The van der Waals surface area contributed by atoms with Crippen LogP contribution in [0.1, 0.15) is 245 Å². The van der Waals surface area contributed by atoms with Crippen LogP contribution in [0.2, 0.25) is 0 Å². The summed E-state index contributed by atoms with van der Waals surface area (Å²) in [4.78, 5) is 38.1. The lowest BCUT2D eigenvalue weighted by molar-refractivity contribution is -0.870. The van der Waals surface area contributed by atoms with Crippen molar-refractivity contribution in [2.24, 2.45) is 0 Å². The van der Waals surface area contributed by atoms with Gasteiger partial charge in [0.1, 0.15) is 19.8 Å². The number of hydrogen-bond donors (Lipinski definition) is 0. The number of allylic oxidation sites excluding steroid dienone is 32. The summed E-state index contributed by atoms with van der Waals surface area (Å²) in [5.74, 6) is -0.886. The molecule has 9 nitrogen and oxygen atoms in total. The average molecular weight is 1260 g/mol. The molecule has 2 unspecified atom stereocenters. The first-order valence-electron chi connectivity index (χ1n) is 35.1. The highest BCUT2D eigenvalue weighted by Gasteiger charge is 2.22. The first-order valence-corrected chi connectivity index (χ1v) is 36.6. The number of phosphoric acid groups is 1. The zero-order chi connectivity index (χ0) is 65.5. The fourth-order valence-corrected chi connectivity index (χ4v) is 9.53. The van der Waals surface area contributed by atoms with Gasteiger partial charge in [0.2, 0.25) is 0 Å². The number of esters is 2. The molecule has 0 amide bonds. The van der Waals surface area contributed by atoms with Gasteiger partial charge in [-0.1, -0.05) is 285 Å². The predicted octanol–water partition coefficient (Wildman–Crippen LogP) is 22.6. The fourth-order valence-electron chi connectivity index (χ4n) is 8.80. The summed E-state index contributed by atoms with van der Waals surface area (Å²) >= 11 is 0. The zero-order valence-corrected chi connectivity index (χ0v) is 58.4. The van der Waals surface area contributed by atoms with E-state index in [1.807, 2.05) is 21.1 Å².